The average molecular weight is 444 g/mol. The van der Waals surface area contributed by atoms with E-state index in [2.05, 4.69) is 25.9 Å². The molecule has 1 aromatic heterocycles. The number of benzene rings is 2. The molecule has 10 heteroatoms. The second-order valence-corrected chi connectivity index (χ2v) is 7.38. The van der Waals surface area contributed by atoms with Crippen LogP contribution < -0.4 is 27.1 Å². The van der Waals surface area contributed by atoms with E-state index in [0.29, 0.717) is 23.6 Å². The highest BCUT2D eigenvalue weighted by molar-refractivity contribution is 6.35. The number of nitrogens with two attached hydrogens (primary N) is 1. The van der Waals surface area contributed by atoms with E-state index < -0.39 is 18.1 Å². The Morgan fingerprint density at radius 3 is 2.58 bits per heavy atom. The summed E-state index contributed by atoms with van der Waals surface area (Å²) in [6, 6.07) is 15.3. The minimum atomic E-state index is -0.685. The van der Waals surface area contributed by atoms with Crippen LogP contribution in [0.25, 0.3) is 0 Å². The maximum absolute atomic E-state index is 12.5. The van der Waals surface area contributed by atoms with Crippen LogP contribution in [-0.2, 0) is 20.7 Å². The number of amides is 1. The first-order valence-electron chi connectivity index (χ1n) is 10.3. The minimum Gasteiger partial charge on any atom is -0.467 e. The number of hydrogen-bond acceptors (Lipinski definition) is 8. The number of esters is 1. The van der Waals surface area contributed by atoms with Gasteiger partial charge in [-0.25, -0.2) is 9.78 Å². The Morgan fingerprint density at radius 1 is 1.12 bits per heavy atom. The minimum absolute atomic E-state index is 0.257. The third kappa shape index (κ3) is 6.78. The van der Waals surface area contributed by atoms with Crippen LogP contribution in [0.5, 0.6) is 0 Å². The van der Waals surface area contributed by atoms with Crippen LogP contribution >= 0.6 is 0 Å². The van der Waals surface area contributed by atoms with E-state index in [1.54, 1.807) is 31.2 Å². The number of ether oxygens (including phenoxy) is 1. The first-order valence-corrected chi connectivity index (χ1v) is 10.3. The molecule has 2 atom stereocenters. The predicted molar refractivity (Wildman–Crippen MR) is 129 cm³/mol. The first-order chi connectivity index (χ1) is 15.9. The zero-order chi connectivity index (χ0) is 23.8. The van der Waals surface area contributed by atoms with E-state index in [9.17, 15) is 9.59 Å². The molecule has 0 bridgehead atoms. The van der Waals surface area contributed by atoms with Crippen LogP contribution in [0.3, 0.4) is 0 Å². The molecule has 0 spiro atoms. The highest BCUT2D eigenvalue weighted by Gasteiger charge is 2.16. The molecule has 5 N–H and O–H groups in total. The van der Waals surface area contributed by atoms with Crippen LogP contribution in [0.2, 0.25) is 0 Å². The first kappa shape index (κ1) is 23.7. The lowest BCUT2D eigenvalue weighted by Gasteiger charge is -2.16. The molecular formula is C23H25BN6O3. The average Bonchev–Trinajstić information content (AvgIpc) is 2.81. The summed E-state index contributed by atoms with van der Waals surface area (Å²) >= 11 is 0. The number of carbonyl (C=O) groups excluding carboxylic acids is 2. The van der Waals surface area contributed by atoms with Gasteiger partial charge in [0, 0.05) is 17.6 Å². The van der Waals surface area contributed by atoms with Gasteiger partial charge in [0.15, 0.2) is 0 Å². The summed E-state index contributed by atoms with van der Waals surface area (Å²) in [6.45, 7) is 1.63. The number of anilines is 4. The summed E-state index contributed by atoms with van der Waals surface area (Å²) in [5, 5.41) is 8.77. The predicted octanol–water partition coefficient (Wildman–Crippen LogP) is 1.50. The molecule has 1 amide bonds. The summed E-state index contributed by atoms with van der Waals surface area (Å²) in [5.74, 6) is -0.186. The molecule has 33 heavy (non-hydrogen) atoms. The monoisotopic (exact) mass is 444 g/mol. The molecule has 0 aliphatic heterocycles. The summed E-state index contributed by atoms with van der Waals surface area (Å²) in [7, 11) is 7.21. The second-order valence-electron chi connectivity index (χ2n) is 7.38. The maximum atomic E-state index is 12.5. The van der Waals surface area contributed by atoms with Crippen molar-refractivity contribution in [3.8, 4) is 0 Å². The Morgan fingerprint density at radius 2 is 1.85 bits per heavy atom. The maximum Gasteiger partial charge on any atom is 0.328 e. The highest BCUT2D eigenvalue weighted by Crippen LogP contribution is 2.19. The van der Waals surface area contributed by atoms with E-state index in [1.807, 2.05) is 30.3 Å². The molecule has 0 saturated heterocycles. The fourth-order valence-corrected chi connectivity index (χ4v) is 3.01. The Balaban J connectivity index is 1.65. The molecule has 0 aliphatic carbocycles. The van der Waals surface area contributed by atoms with Gasteiger partial charge in [-0.2, -0.15) is 4.98 Å². The number of hydrogen-bond donors (Lipinski definition) is 4. The van der Waals surface area contributed by atoms with Crippen molar-refractivity contribution in [1.29, 1.82) is 0 Å². The molecule has 0 saturated carbocycles. The van der Waals surface area contributed by atoms with E-state index in [-0.39, 0.29) is 17.3 Å². The van der Waals surface area contributed by atoms with Crippen molar-refractivity contribution in [2.45, 2.75) is 25.4 Å². The summed E-state index contributed by atoms with van der Waals surface area (Å²) in [5.41, 5.74) is 8.54. The lowest BCUT2D eigenvalue weighted by atomic mass is 9.99. The highest BCUT2D eigenvalue weighted by atomic mass is 16.5. The van der Waals surface area contributed by atoms with Crippen LogP contribution in [0.15, 0.2) is 60.8 Å². The Bertz CT molecular complexity index is 1110. The number of nitrogens with zero attached hydrogens (tertiary/aromatic N) is 2. The fourth-order valence-electron chi connectivity index (χ4n) is 3.01. The molecule has 2 unspecified atom stereocenters. The number of aromatic nitrogens is 2. The molecule has 2 radical (unpaired) electrons. The Kier molecular flexibility index (Phi) is 7.99. The normalized spacial score (nSPS) is 12.3. The SMILES string of the molecule is [B]c1cnc(Nc2cccc(NC(=O)C(N)Cc3ccccc3)c2)nc1NC(C)C(=O)OC. The fraction of sp³-hybridized carbons (Fsp3) is 0.217. The number of carbonyl (C=O) groups is 2. The van der Waals surface area contributed by atoms with Gasteiger partial charge in [-0.05, 0) is 42.6 Å². The molecule has 3 aromatic rings. The van der Waals surface area contributed by atoms with Gasteiger partial charge in [0.1, 0.15) is 19.7 Å². The van der Waals surface area contributed by atoms with Crippen molar-refractivity contribution in [3.63, 3.8) is 0 Å². The van der Waals surface area contributed by atoms with Crippen LogP contribution in [0, 0.1) is 0 Å². The van der Waals surface area contributed by atoms with Crippen LogP contribution in [0.4, 0.5) is 23.1 Å². The van der Waals surface area contributed by atoms with Gasteiger partial charge in [-0.3, -0.25) is 4.79 Å². The number of methoxy groups -OCH3 is 1. The van der Waals surface area contributed by atoms with Crippen molar-refractivity contribution in [2.24, 2.45) is 5.73 Å². The van der Waals surface area contributed by atoms with Crippen LogP contribution in [-0.4, -0.2) is 48.9 Å². The van der Waals surface area contributed by atoms with E-state index >= 15 is 0 Å². The van der Waals surface area contributed by atoms with E-state index in [1.165, 1.54) is 13.3 Å². The van der Waals surface area contributed by atoms with Gasteiger partial charge in [0.25, 0.3) is 0 Å². The quantitative estimate of drug-likeness (QED) is 0.289. The van der Waals surface area contributed by atoms with E-state index in [4.69, 9.17) is 18.3 Å². The van der Waals surface area contributed by atoms with Gasteiger partial charge in [-0.15, -0.1) is 0 Å². The summed E-state index contributed by atoms with van der Waals surface area (Å²) in [6.07, 6.45) is 1.86. The van der Waals surface area contributed by atoms with Crippen molar-refractivity contribution < 1.29 is 14.3 Å². The van der Waals surface area contributed by atoms with Gasteiger partial charge >= 0.3 is 5.97 Å². The smallest absolute Gasteiger partial charge is 0.328 e. The molecule has 1 heterocycles. The largest absolute Gasteiger partial charge is 0.467 e. The second kappa shape index (κ2) is 11.1. The molecule has 168 valence electrons. The molecule has 0 aliphatic rings. The standard InChI is InChI=1S/C23H25BN6O3/c1-14(22(32)33-2)27-20-18(24)13-26-23(30-20)29-17-10-6-9-16(12-17)28-21(31)19(25)11-15-7-4-3-5-8-15/h3-10,12-14,19H,11,25H2,1-2H3,(H,28,31)(H2,26,27,29,30). The number of rotatable bonds is 9. The lowest BCUT2D eigenvalue weighted by molar-refractivity contribution is -0.141. The van der Waals surface area contributed by atoms with Crippen molar-refractivity contribution in [1.82, 2.24) is 9.97 Å². The zero-order valence-electron chi connectivity index (χ0n) is 18.4. The van der Waals surface area contributed by atoms with Crippen molar-refractivity contribution in [2.75, 3.05) is 23.1 Å². The summed E-state index contributed by atoms with van der Waals surface area (Å²) < 4.78 is 4.70. The van der Waals surface area contributed by atoms with Gasteiger partial charge in [0.05, 0.1) is 13.2 Å². The molecule has 3 rings (SSSR count). The van der Waals surface area contributed by atoms with Gasteiger partial charge < -0.3 is 26.4 Å². The third-order valence-electron chi connectivity index (χ3n) is 4.75. The van der Waals surface area contributed by atoms with Crippen molar-refractivity contribution in [3.05, 3.63) is 66.4 Å². The zero-order valence-corrected chi connectivity index (χ0v) is 18.4. The molecule has 0 fully saturated rings. The van der Waals surface area contributed by atoms with E-state index in [0.717, 1.165) is 5.56 Å². The van der Waals surface area contributed by atoms with Crippen molar-refractivity contribution >= 4 is 48.3 Å². The van der Waals surface area contributed by atoms with Crippen LogP contribution in [0.1, 0.15) is 12.5 Å². The number of nitrogens with one attached hydrogen (secondary N) is 3. The molecule has 2 aromatic carbocycles. The molecule has 9 nitrogen and oxygen atoms in total. The third-order valence-corrected chi connectivity index (χ3v) is 4.75. The summed E-state index contributed by atoms with van der Waals surface area (Å²) in [4.78, 5) is 32.6. The Hall–Kier alpha value is -3.92. The Labute approximate surface area is 193 Å². The molecular weight excluding hydrogens is 419 g/mol. The topological polar surface area (TPSA) is 131 Å². The lowest BCUT2D eigenvalue weighted by Crippen LogP contribution is -2.37. The van der Waals surface area contributed by atoms with Gasteiger partial charge in [-0.1, -0.05) is 36.4 Å². The van der Waals surface area contributed by atoms with Gasteiger partial charge in [0.2, 0.25) is 11.9 Å².